The number of rotatable bonds is 19. The Hall–Kier alpha value is -1.70. The summed E-state index contributed by atoms with van der Waals surface area (Å²) in [5.41, 5.74) is 4.83. The fourth-order valence-electron chi connectivity index (χ4n) is 4.78. The molecule has 0 bridgehead atoms. The van der Waals surface area contributed by atoms with Gasteiger partial charge < -0.3 is 0 Å². The molecule has 34 heavy (non-hydrogen) atoms. The zero-order valence-electron chi connectivity index (χ0n) is 21.6. The van der Waals surface area contributed by atoms with Gasteiger partial charge in [-0.15, -0.1) is 4.89 Å². The van der Waals surface area contributed by atoms with Gasteiger partial charge in [0, 0.05) is 10.1 Å². The molecule has 0 saturated carbocycles. The molecule has 2 aromatic carbocycles. The molecule has 2 aromatic rings. The summed E-state index contributed by atoms with van der Waals surface area (Å²) in [4.78, 5) is 9.45. The summed E-state index contributed by atoms with van der Waals surface area (Å²) in [6.45, 7) is 4.51. The topological polar surface area (TPSA) is 46.5 Å². The van der Waals surface area contributed by atoms with E-state index in [1.165, 1.54) is 94.6 Å². The van der Waals surface area contributed by atoms with Crippen LogP contribution in [0.3, 0.4) is 0 Å². The van der Waals surface area contributed by atoms with E-state index in [0.29, 0.717) is 5.75 Å². The Bertz CT molecular complexity index is 834. The molecule has 0 radical (unpaired) electrons. The lowest BCUT2D eigenvalue weighted by molar-refractivity contribution is 0.408. The van der Waals surface area contributed by atoms with Crippen molar-refractivity contribution in [3.63, 3.8) is 0 Å². The van der Waals surface area contributed by atoms with Crippen molar-refractivity contribution in [2.75, 3.05) is 0 Å². The van der Waals surface area contributed by atoms with Gasteiger partial charge in [-0.1, -0.05) is 127 Å². The highest BCUT2D eigenvalue weighted by Crippen LogP contribution is 2.37. The molecule has 188 valence electrons. The van der Waals surface area contributed by atoms with E-state index in [1.807, 2.05) is 12.1 Å². The monoisotopic (exact) mass is 485 g/mol. The third kappa shape index (κ3) is 10.7. The van der Waals surface area contributed by atoms with Crippen molar-refractivity contribution in [3.8, 4) is 16.9 Å². The molecule has 4 heteroatoms. The number of unbranched alkanes of at least 4 members (excludes halogenated alkanes) is 12. The van der Waals surface area contributed by atoms with Gasteiger partial charge in [-0.3, -0.25) is 0 Å². The quantitative estimate of drug-likeness (QED) is 0.159. The molecule has 0 fully saturated rings. The maximum absolute atomic E-state index is 11.5. The van der Waals surface area contributed by atoms with Crippen LogP contribution < -0.4 is 4.52 Å². The summed E-state index contributed by atoms with van der Waals surface area (Å²) in [5, 5.41) is 0. The molecule has 1 unspecified atom stereocenters. The van der Waals surface area contributed by atoms with E-state index in [1.54, 1.807) is 0 Å². The van der Waals surface area contributed by atoms with Gasteiger partial charge in [0.05, 0.1) is 0 Å². The van der Waals surface area contributed by atoms with Crippen molar-refractivity contribution in [3.05, 3.63) is 53.6 Å². The largest absolute Gasteiger partial charge is 0.747 e. The number of hydrogen-bond donors (Lipinski definition) is 1. The van der Waals surface area contributed by atoms with Crippen molar-refractivity contribution in [1.29, 1.82) is 0 Å². The molecule has 3 nitrogen and oxygen atoms in total. The predicted octanol–water partition coefficient (Wildman–Crippen LogP) is 9.97. The van der Waals surface area contributed by atoms with Crippen molar-refractivity contribution in [2.24, 2.45) is 0 Å². The lowest BCUT2D eigenvalue weighted by Gasteiger charge is -2.15. The van der Waals surface area contributed by atoms with Crippen LogP contribution in [-0.2, 0) is 17.4 Å². The normalized spacial score (nSPS) is 11.6. The third-order valence-corrected chi connectivity index (χ3v) is 7.05. The van der Waals surface area contributed by atoms with Crippen molar-refractivity contribution >= 4 is 8.25 Å². The molecule has 0 heterocycles. The lowest BCUT2D eigenvalue weighted by atomic mass is 9.90. The summed E-state index contributed by atoms with van der Waals surface area (Å²) in [6.07, 6.45) is 19.8. The first-order chi connectivity index (χ1) is 16.7. The molecular weight excluding hydrogens is 439 g/mol. The Balaban J connectivity index is 2.10. The van der Waals surface area contributed by atoms with Crippen LogP contribution in [0.5, 0.6) is 5.75 Å². The Kier molecular flexibility index (Phi) is 14.9. The molecule has 2 rings (SSSR count). The summed E-state index contributed by atoms with van der Waals surface area (Å²) in [5.74, 6) is 0.554. The molecule has 0 aliphatic heterocycles. The molecule has 1 N–H and O–H groups in total. The number of aryl methyl sites for hydroxylation is 1. The van der Waals surface area contributed by atoms with Gasteiger partial charge in [0.2, 0.25) is 0 Å². The minimum Gasteiger partial charge on any atom is -0.229 e. The van der Waals surface area contributed by atoms with Gasteiger partial charge in [0.25, 0.3) is 0 Å². The van der Waals surface area contributed by atoms with E-state index in [9.17, 15) is 9.46 Å². The first kappa shape index (κ1) is 28.5. The highest BCUT2D eigenvalue weighted by atomic mass is 31.1. The smallest absolute Gasteiger partial charge is 0.229 e. The highest BCUT2D eigenvalue weighted by Gasteiger charge is 2.21. The van der Waals surface area contributed by atoms with E-state index in [-0.39, 0.29) is 0 Å². The molecule has 1 atom stereocenters. The SMILES string of the molecule is CCCCCCCCCc1ccccc1-c1cccc(O[P+](=O)O)c1CCCCCCCCC. The lowest BCUT2D eigenvalue weighted by Crippen LogP contribution is -1.98. The first-order valence-electron chi connectivity index (χ1n) is 13.7. The van der Waals surface area contributed by atoms with Gasteiger partial charge in [0.15, 0.2) is 5.75 Å². The van der Waals surface area contributed by atoms with Gasteiger partial charge in [-0.25, -0.2) is 4.52 Å². The van der Waals surface area contributed by atoms with E-state index in [0.717, 1.165) is 30.4 Å². The first-order valence-corrected chi connectivity index (χ1v) is 14.8. The van der Waals surface area contributed by atoms with E-state index < -0.39 is 8.25 Å². The minimum absolute atomic E-state index is 0.554. The second kappa shape index (κ2) is 17.7. The second-order valence-electron chi connectivity index (χ2n) is 9.51. The maximum atomic E-state index is 11.5. The van der Waals surface area contributed by atoms with Crippen LogP contribution in [0.1, 0.15) is 115 Å². The number of hydrogen-bond acceptors (Lipinski definition) is 2. The molecule has 0 saturated heterocycles. The van der Waals surface area contributed by atoms with Crippen LogP contribution in [0.2, 0.25) is 0 Å². The Morgan fingerprint density at radius 1 is 0.647 bits per heavy atom. The van der Waals surface area contributed by atoms with Crippen LogP contribution in [-0.4, -0.2) is 4.89 Å². The summed E-state index contributed by atoms with van der Waals surface area (Å²) in [7, 11) is -2.68. The minimum atomic E-state index is -2.68. The summed E-state index contributed by atoms with van der Waals surface area (Å²) >= 11 is 0. The van der Waals surface area contributed by atoms with E-state index >= 15 is 0 Å². The predicted molar refractivity (Wildman–Crippen MR) is 146 cm³/mol. The second-order valence-corrected chi connectivity index (χ2v) is 10.2. The fourth-order valence-corrected chi connectivity index (χ4v) is 5.12. The molecule has 0 aliphatic rings. The zero-order chi connectivity index (χ0) is 24.4. The molecule has 0 aromatic heterocycles. The van der Waals surface area contributed by atoms with Crippen LogP contribution in [0.4, 0.5) is 0 Å². The Morgan fingerprint density at radius 3 is 1.79 bits per heavy atom. The average molecular weight is 486 g/mol. The number of benzene rings is 2. The summed E-state index contributed by atoms with van der Waals surface area (Å²) < 4.78 is 16.9. The van der Waals surface area contributed by atoms with Crippen LogP contribution in [0, 0.1) is 0 Å². The average Bonchev–Trinajstić information content (AvgIpc) is 2.83. The molecule has 0 amide bonds. The third-order valence-electron chi connectivity index (χ3n) is 6.70. The molecular formula is C30H46O3P+. The standard InChI is InChI=1S/C30H45O3P/c1-3-5-7-9-11-13-15-20-26-21-17-18-22-27(26)28-24-19-25-30(33-34(31)32)29(28)23-16-14-12-10-8-6-4-2/h17-19,21-22,24-25H,3-16,20,23H2,1-2H3/p+1. The fraction of sp³-hybridized carbons (Fsp3) is 0.600. The van der Waals surface area contributed by atoms with Gasteiger partial charge in [-0.05, 0) is 48.4 Å². The van der Waals surface area contributed by atoms with Crippen LogP contribution in [0.15, 0.2) is 42.5 Å². The summed E-state index contributed by atoms with van der Waals surface area (Å²) in [6, 6.07) is 14.6. The van der Waals surface area contributed by atoms with Crippen molar-refractivity contribution in [1.82, 2.24) is 0 Å². The van der Waals surface area contributed by atoms with Crippen molar-refractivity contribution < 1.29 is 14.0 Å². The molecule has 0 aliphatic carbocycles. The highest BCUT2D eigenvalue weighted by molar-refractivity contribution is 7.32. The van der Waals surface area contributed by atoms with E-state index in [2.05, 4.69) is 44.2 Å². The van der Waals surface area contributed by atoms with Gasteiger partial charge in [0.1, 0.15) is 0 Å². The Labute approximate surface area is 209 Å². The van der Waals surface area contributed by atoms with E-state index in [4.69, 9.17) is 4.52 Å². The Morgan fingerprint density at radius 2 is 1.18 bits per heavy atom. The zero-order valence-corrected chi connectivity index (χ0v) is 22.5. The molecule has 0 spiro atoms. The van der Waals surface area contributed by atoms with Crippen molar-refractivity contribution in [2.45, 2.75) is 117 Å². The maximum Gasteiger partial charge on any atom is 0.747 e. The van der Waals surface area contributed by atoms with Crippen LogP contribution in [0.25, 0.3) is 11.1 Å². The van der Waals surface area contributed by atoms with Gasteiger partial charge >= 0.3 is 8.25 Å². The van der Waals surface area contributed by atoms with Crippen LogP contribution >= 0.6 is 8.25 Å². The van der Waals surface area contributed by atoms with Gasteiger partial charge in [-0.2, -0.15) is 0 Å².